The van der Waals surface area contributed by atoms with E-state index in [1.807, 2.05) is 60.0 Å². The molecule has 2 aromatic heterocycles. The molecule has 4 rings (SSSR count). The van der Waals surface area contributed by atoms with Crippen molar-refractivity contribution >= 4 is 45.5 Å². The predicted molar refractivity (Wildman–Crippen MR) is 107 cm³/mol. The highest BCUT2D eigenvalue weighted by Gasteiger charge is 2.14. The van der Waals surface area contributed by atoms with Gasteiger partial charge in [0.05, 0.1) is 10.6 Å². The third-order valence-corrected chi connectivity index (χ3v) is 5.61. The first kappa shape index (κ1) is 16.6. The molecule has 0 unspecified atom stereocenters. The summed E-state index contributed by atoms with van der Waals surface area (Å²) in [6.07, 6.45) is 0. The molecular formula is C18H15N5OS2. The van der Waals surface area contributed by atoms with E-state index < -0.39 is 0 Å². The molecule has 8 heteroatoms. The molecular weight excluding hydrogens is 366 g/mol. The summed E-state index contributed by atoms with van der Waals surface area (Å²) in [5.41, 5.74) is 0.794. The van der Waals surface area contributed by atoms with Crippen LogP contribution in [-0.4, -0.2) is 26.5 Å². The molecule has 130 valence electrons. The molecule has 0 aliphatic heterocycles. The van der Waals surface area contributed by atoms with Gasteiger partial charge in [0, 0.05) is 11.1 Å². The van der Waals surface area contributed by atoms with Crippen molar-refractivity contribution in [1.82, 2.24) is 14.9 Å². The van der Waals surface area contributed by atoms with Gasteiger partial charge >= 0.3 is 0 Å². The second kappa shape index (κ2) is 7.19. The van der Waals surface area contributed by atoms with Gasteiger partial charge in [0.15, 0.2) is 5.82 Å². The van der Waals surface area contributed by atoms with Crippen molar-refractivity contribution in [3.8, 4) is 10.7 Å². The van der Waals surface area contributed by atoms with Crippen LogP contribution in [0.2, 0.25) is 0 Å². The van der Waals surface area contributed by atoms with E-state index >= 15 is 0 Å². The summed E-state index contributed by atoms with van der Waals surface area (Å²) in [5, 5.41) is 15.7. The first-order chi connectivity index (χ1) is 12.7. The fourth-order valence-electron chi connectivity index (χ4n) is 2.60. The minimum Gasteiger partial charge on any atom is -0.335 e. The maximum Gasteiger partial charge on any atom is 0.234 e. The number of amides is 1. The van der Waals surface area contributed by atoms with E-state index in [0.717, 1.165) is 21.3 Å². The third-order valence-electron chi connectivity index (χ3n) is 3.80. The molecule has 0 fully saturated rings. The average molecular weight is 381 g/mol. The van der Waals surface area contributed by atoms with Gasteiger partial charge in [-0.15, -0.1) is 21.5 Å². The Morgan fingerprint density at radius 2 is 1.96 bits per heavy atom. The molecule has 0 spiro atoms. The Labute approximate surface area is 158 Å². The number of thiophene rings is 1. The normalized spacial score (nSPS) is 10.9. The van der Waals surface area contributed by atoms with Crippen LogP contribution in [-0.2, 0) is 4.79 Å². The number of aromatic nitrogens is 3. The predicted octanol–water partition coefficient (Wildman–Crippen LogP) is 3.60. The largest absolute Gasteiger partial charge is 0.335 e. The summed E-state index contributed by atoms with van der Waals surface area (Å²) in [7, 11) is 0. The Balaban J connectivity index is 1.45. The van der Waals surface area contributed by atoms with Crippen molar-refractivity contribution in [1.29, 1.82) is 0 Å². The zero-order valence-electron chi connectivity index (χ0n) is 13.6. The number of thioether (sulfide) groups is 1. The van der Waals surface area contributed by atoms with Gasteiger partial charge in [0.25, 0.3) is 0 Å². The number of benzene rings is 2. The number of nitrogens with zero attached hydrogens (tertiary/aromatic N) is 3. The number of carbonyl (C=O) groups excluding carboxylic acids is 1. The van der Waals surface area contributed by atoms with Crippen molar-refractivity contribution in [2.45, 2.75) is 5.16 Å². The quantitative estimate of drug-likeness (QED) is 0.407. The topological polar surface area (TPSA) is 85.8 Å². The number of fused-ring (bicyclic) bond motifs is 1. The molecule has 3 N–H and O–H groups in total. The lowest BCUT2D eigenvalue weighted by atomic mass is 10.1. The Kier molecular flexibility index (Phi) is 4.59. The molecule has 0 aliphatic carbocycles. The lowest BCUT2D eigenvalue weighted by Gasteiger charge is -2.08. The average Bonchev–Trinajstić information content (AvgIpc) is 3.30. The van der Waals surface area contributed by atoms with Crippen molar-refractivity contribution in [3.63, 3.8) is 0 Å². The van der Waals surface area contributed by atoms with Gasteiger partial charge in [-0.25, -0.2) is 4.68 Å². The van der Waals surface area contributed by atoms with Gasteiger partial charge in [-0.1, -0.05) is 54.2 Å². The maximum atomic E-state index is 12.3. The van der Waals surface area contributed by atoms with Crippen molar-refractivity contribution in [2.75, 3.05) is 16.9 Å². The molecule has 0 radical (unpaired) electrons. The fraction of sp³-hybridized carbons (Fsp3) is 0.0556. The third kappa shape index (κ3) is 3.29. The molecule has 0 saturated carbocycles. The number of nitrogens with two attached hydrogens (primary N) is 1. The number of nitrogen functional groups attached to an aromatic ring is 1. The van der Waals surface area contributed by atoms with E-state index in [1.165, 1.54) is 27.8 Å². The minimum atomic E-state index is -0.118. The van der Waals surface area contributed by atoms with Crippen LogP contribution in [0.1, 0.15) is 0 Å². The van der Waals surface area contributed by atoms with E-state index in [2.05, 4.69) is 15.5 Å². The van der Waals surface area contributed by atoms with Crippen LogP contribution in [0.25, 0.3) is 21.5 Å². The molecule has 0 bridgehead atoms. The summed E-state index contributed by atoms with van der Waals surface area (Å²) in [6.45, 7) is 0. The van der Waals surface area contributed by atoms with Gasteiger partial charge in [0.1, 0.15) is 0 Å². The fourth-order valence-corrected chi connectivity index (χ4v) is 3.96. The summed E-state index contributed by atoms with van der Waals surface area (Å²) >= 11 is 2.79. The van der Waals surface area contributed by atoms with Gasteiger partial charge in [0.2, 0.25) is 11.1 Å². The monoisotopic (exact) mass is 381 g/mol. The molecule has 0 saturated heterocycles. The number of nitrogens with one attached hydrogen (secondary N) is 1. The number of carbonyl (C=O) groups is 1. The number of anilines is 1. The highest BCUT2D eigenvalue weighted by molar-refractivity contribution is 7.99. The van der Waals surface area contributed by atoms with E-state index in [4.69, 9.17) is 5.84 Å². The molecule has 26 heavy (non-hydrogen) atoms. The smallest absolute Gasteiger partial charge is 0.234 e. The number of hydrogen-bond donors (Lipinski definition) is 2. The van der Waals surface area contributed by atoms with E-state index in [0.29, 0.717) is 11.0 Å². The summed E-state index contributed by atoms with van der Waals surface area (Å²) in [6, 6.07) is 17.6. The molecule has 4 aromatic rings. The zero-order valence-corrected chi connectivity index (χ0v) is 15.3. The van der Waals surface area contributed by atoms with Gasteiger partial charge in [-0.2, -0.15) is 0 Å². The van der Waals surface area contributed by atoms with Crippen LogP contribution >= 0.6 is 23.1 Å². The Morgan fingerprint density at radius 3 is 2.81 bits per heavy atom. The zero-order chi connectivity index (χ0) is 17.9. The Hall–Kier alpha value is -2.84. The Bertz CT molecular complexity index is 1050. The highest BCUT2D eigenvalue weighted by atomic mass is 32.2. The number of hydrogen-bond acceptors (Lipinski definition) is 6. The van der Waals surface area contributed by atoms with Crippen LogP contribution in [0, 0.1) is 0 Å². The van der Waals surface area contributed by atoms with Crippen LogP contribution in [0.3, 0.4) is 0 Å². The second-order valence-corrected chi connectivity index (χ2v) is 7.41. The molecule has 0 atom stereocenters. The van der Waals surface area contributed by atoms with Gasteiger partial charge in [-0.3, -0.25) is 4.79 Å². The lowest BCUT2D eigenvalue weighted by Crippen LogP contribution is -2.16. The molecule has 2 aromatic carbocycles. The Morgan fingerprint density at radius 1 is 1.12 bits per heavy atom. The van der Waals surface area contributed by atoms with E-state index in [9.17, 15) is 4.79 Å². The highest BCUT2D eigenvalue weighted by Crippen LogP contribution is 2.26. The SMILES string of the molecule is Nn1c(SCC(=O)Nc2cccc3ccccc23)nnc1-c1cccs1. The van der Waals surface area contributed by atoms with E-state index in [1.54, 1.807) is 0 Å². The first-order valence-electron chi connectivity index (χ1n) is 7.87. The van der Waals surface area contributed by atoms with Crippen LogP contribution in [0.5, 0.6) is 0 Å². The van der Waals surface area contributed by atoms with E-state index in [-0.39, 0.29) is 11.7 Å². The van der Waals surface area contributed by atoms with Gasteiger partial charge < -0.3 is 11.2 Å². The first-order valence-corrected chi connectivity index (χ1v) is 9.73. The standard InChI is InChI=1S/C18H15N5OS2/c19-23-17(15-9-4-10-25-15)21-22-18(23)26-11-16(24)20-14-8-3-6-12-5-1-2-7-13(12)14/h1-10H,11,19H2,(H,20,24). The van der Waals surface area contributed by atoms with Crippen LogP contribution < -0.4 is 11.2 Å². The molecule has 0 aliphatic rings. The summed E-state index contributed by atoms with van der Waals surface area (Å²) in [4.78, 5) is 13.3. The second-order valence-electron chi connectivity index (χ2n) is 5.52. The minimum absolute atomic E-state index is 0.118. The van der Waals surface area contributed by atoms with Crippen LogP contribution in [0.4, 0.5) is 5.69 Å². The maximum absolute atomic E-state index is 12.3. The molecule has 6 nitrogen and oxygen atoms in total. The summed E-state index contributed by atoms with van der Waals surface area (Å²) < 4.78 is 1.42. The molecule has 2 heterocycles. The molecule has 1 amide bonds. The van der Waals surface area contributed by atoms with Gasteiger partial charge in [-0.05, 0) is 22.9 Å². The number of rotatable bonds is 5. The van der Waals surface area contributed by atoms with Crippen molar-refractivity contribution in [3.05, 3.63) is 60.0 Å². The van der Waals surface area contributed by atoms with Crippen molar-refractivity contribution < 1.29 is 4.79 Å². The lowest BCUT2D eigenvalue weighted by molar-refractivity contribution is -0.113. The summed E-state index contributed by atoms with van der Waals surface area (Å²) in [5.74, 6) is 6.73. The van der Waals surface area contributed by atoms with Crippen LogP contribution in [0.15, 0.2) is 65.1 Å². The van der Waals surface area contributed by atoms with Crippen molar-refractivity contribution in [2.24, 2.45) is 0 Å².